The van der Waals surface area contributed by atoms with Crippen LogP contribution in [-0.4, -0.2) is 12.0 Å². The van der Waals surface area contributed by atoms with Crippen molar-refractivity contribution in [3.8, 4) is 0 Å². The van der Waals surface area contributed by atoms with E-state index in [9.17, 15) is 18.0 Å². The van der Waals surface area contributed by atoms with E-state index in [2.05, 4.69) is 10.2 Å². The van der Waals surface area contributed by atoms with Gasteiger partial charge in [0.05, 0.1) is 16.8 Å². The Hall–Kier alpha value is -2.25. The van der Waals surface area contributed by atoms with Gasteiger partial charge in [-0.05, 0) is 35.4 Å². The maximum absolute atomic E-state index is 13.2. The van der Waals surface area contributed by atoms with E-state index in [-0.39, 0.29) is 29.3 Å². The van der Waals surface area contributed by atoms with Crippen LogP contribution in [0.1, 0.15) is 27.0 Å². The van der Waals surface area contributed by atoms with E-state index in [1.165, 1.54) is 24.3 Å². The molecule has 0 saturated heterocycles. The smallest absolute Gasteiger partial charge is 0.416 e. The van der Waals surface area contributed by atoms with Crippen molar-refractivity contribution >= 4 is 23.3 Å². The van der Waals surface area contributed by atoms with Crippen molar-refractivity contribution in [2.75, 3.05) is 11.5 Å². The molecule has 0 amide bonds. The zero-order valence-electron chi connectivity index (χ0n) is 12.4. The number of hydrazine groups is 1. The predicted octanol–water partition coefficient (Wildman–Crippen LogP) is 3.93. The van der Waals surface area contributed by atoms with Gasteiger partial charge in [-0.15, -0.1) is 0 Å². The maximum Gasteiger partial charge on any atom is 0.416 e. The molecule has 3 N–H and O–H groups in total. The standard InChI is InChI=1S/C16H14ClF3N2O2/c17-9-24-15(23)11-6-4-10(5-7-11)8-12-13(16(18,19)20)2-1-3-14(12)22-21/h1-7,22H,8-9,21H2. The third-order valence-corrected chi connectivity index (χ3v) is 3.50. The summed E-state index contributed by atoms with van der Waals surface area (Å²) in [6, 6.07) is 9.53. The lowest BCUT2D eigenvalue weighted by Gasteiger charge is -2.16. The van der Waals surface area contributed by atoms with E-state index >= 15 is 0 Å². The second-order valence-electron chi connectivity index (χ2n) is 4.89. The second kappa shape index (κ2) is 7.55. The Morgan fingerprint density at radius 1 is 1.17 bits per heavy atom. The lowest BCUT2D eigenvalue weighted by molar-refractivity contribution is -0.138. The Balaban J connectivity index is 2.32. The number of alkyl halides is 4. The van der Waals surface area contributed by atoms with Crippen LogP contribution in [0, 0.1) is 0 Å². The molecule has 0 radical (unpaired) electrons. The van der Waals surface area contributed by atoms with Gasteiger partial charge in [-0.25, -0.2) is 4.79 Å². The van der Waals surface area contributed by atoms with Gasteiger partial charge < -0.3 is 10.2 Å². The van der Waals surface area contributed by atoms with Gasteiger partial charge in [0.25, 0.3) is 0 Å². The summed E-state index contributed by atoms with van der Waals surface area (Å²) in [6.07, 6.45) is -4.49. The molecular formula is C16H14ClF3N2O2. The number of nitrogen functional groups attached to an aromatic ring is 1. The van der Waals surface area contributed by atoms with Crippen LogP contribution >= 0.6 is 11.6 Å². The van der Waals surface area contributed by atoms with Crippen LogP contribution in [0.15, 0.2) is 42.5 Å². The number of rotatable bonds is 5. The zero-order valence-corrected chi connectivity index (χ0v) is 13.1. The molecule has 2 aromatic rings. The maximum atomic E-state index is 13.2. The fourth-order valence-corrected chi connectivity index (χ4v) is 2.37. The number of benzene rings is 2. The topological polar surface area (TPSA) is 64.3 Å². The number of carbonyl (C=O) groups excluding carboxylic acids is 1. The van der Waals surface area contributed by atoms with Gasteiger partial charge in [0.2, 0.25) is 0 Å². The Labute approximate surface area is 141 Å². The number of nitrogens with two attached hydrogens (primary N) is 1. The molecule has 0 heterocycles. The van der Waals surface area contributed by atoms with Crippen LogP contribution in [0.25, 0.3) is 0 Å². The summed E-state index contributed by atoms with van der Waals surface area (Å²) in [7, 11) is 0. The predicted molar refractivity (Wildman–Crippen MR) is 84.6 cm³/mol. The molecule has 2 aromatic carbocycles. The average Bonchev–Trinajstić information content (AvgIpc) is 2.55. The molecule has 2 rings (SSSR count). The summed E-state index contributed by atoms with van der Waals surface area (Å²) in [5, 5.41) is 0. The van der Waals surface area contributed by atoms with Crippen molar-refractivity contribution in [1.29, 1.82) is 0 Å². The highest BCUT2D eigenvalue weighted by atomic mass is 35.5. The van der Waals surface area contributed by atoms with E-state index in [1.807, 2.05) is 0 Å². The van der Waals surface area contributed by atoms with Crippen LogP contribution in [0.5, 0.6) is 0 Å². The molecule has 0 spiro atoms. The SMILES string of the molecule is NNc1cccc(C(F)(F)F)c1Cc1ccc(C(=O)OCCl)cc1. The number of carbonyl (C=O) groups is 1. The Morgan fingerprint density at radius 3 is 2.38 bits per heavy atom. The van der Waals surface area contributed by atoms with Crippen molar-refractivity contribution in [3.63, 3.8) is 0 Å². The van der Waals surface area contributed by atoms with Crippen LogP contribution < -0.4 is 11.3 Å². The minimum absolute atomic E-state index is 0.0000501. The second-order valence-corrected chi connectivity index (χ2v) is 5.11. The Bertz CT molecular complexity index is 718. The lowest BCUT2D eigenvalue weighted by atomic mass is 9.97. The van der Waals surface area contributed by atoms with Gasteiger partial charge in [0.15, 0.2) is 6.07 Å². The van der Waals surface area contributed by atoms with Crippen LogP contribution in [-0.2, 0) is 17.3 Å². The summed E-state index contributed by atoms with van der Waals surface area (Å²) in [5.41, 5.74) is 2.60. The third kappa shape index (κ3) is 4.18. The largest absolute Gasteiger partial charge is 0.446 e. The molecule has 0 saturated carbocycles. The van der Waals surface area contributed by atoms with Crippen LogP contribution in [0.2, 0.25) is 0 Å². The first kappa shape index (κ1) is 18.1. The van der Waals surface area contributed by atoms with Gasteiger partial charge >= 0.3 is 12.1 Å². The van der Waals surface area contributed by atoms with Crippen LogP contribution in [0.3, 0.4) is 0 Å². The molecule has 0 aliphatic carbocycles. The molecule has 0 fully saturated rings. The molecule has 0 atom stereocenters. The van der Waals surface area contributed by atoms with E-state index in [0.29, 0.717) is 5.56 Å². The molecule has 8 heteroatoms. The summed E-state index contributed by atoms with van der Waals surface area (Å²) < 4.78 is 44.2. The quantitative estimate of drug-likeness (QED) is 0.368. The molecule has 0 aliphatic rings. The number of ether oxygens (including phenoxy) is 1. The Kier molecular flexibility index (Phi) is 5.69. The van der Waals surface area contributed by atoms with Crippen molar-refractivity contribution < 1.29 is 22.7 Å². The number of hydrogen-bond donors (Lipinski definition) is 2. The van der Waals surface area contributed by atoms with E-state index < -0.39 is 17.7 Å². The molecule has 0 aliphatic heterocycles. The van der Waals surface area contributed by atoms with Crippen molar-refractivity contribution in [2.45, 2.75) is 12.6 Å². The molecule has 128 valence electrons. The van der Waals surface area contributed by atoms with E-state index in [1.54, 1.807) is 12.1 Å². The molecule has 0 aromatic heterocycles. The number of anilines is 1. The van der Waals surface area contributed by atoms with Gasteiger partial charge in [-0.3, -0.25) is 5.84 Å². The van der Waals surface area contributed by atoms with Gasteiger partial charge in [-0.1, -0.05) is 29.8 Å². The van der Waals surface area contributed by atoms with Crippen LogP contribution in [0.4, 0.5) is 18.9 Å². The zero-order chi connectivity index (χ0) is 17.7. The molecule has 4 nitrogen and oxygen atoms in total. The molecular weight excluding hydrogens is 345 g/mol. The first-order valence-corrected chi connectivity index (χ1v) is 7.38. The van der Waals surface area contributed by atoms with Gasteiger partial charge in [-0.2, -0.15) is 13.2 Å². The normalized spacial score (nSPS) is 11.2. The molecule has 0 bridgehead atoms. The summed E-state index contributed by atoms with van der Waals surface area (Å²) in [4.78, 5) is 11.5. The number of hydrogen-bond acceptors (Lipinski definition) is 4. The minimum Gasteiger partial charge on any atom is -0.446 e. The monoisotopic (exact) mass is 358 g/mol. The van der Waals surface area contributed by atoms with Crippen molar-refractivity contribution in [1.82, 2.24) is 0 Å². The fraction of sp³-hybridized carbons (Fsp3) is 0.188. The lowest BCUT2D eigenvalue weighted by Crippen LogP contribution is -2.15. The number of nitrogens with one attached hydrogen (secondary N) is 1. The van der Waals surface area contributed by atoms with E-state index in [4.69, 9.17) is 17.4 Å². The minimum atomic E-state index is -4.49. The van der Waals surface area contributed by atoms with Crippen molar-refractivity contribution in [3.05, 3.63) is 64.7 Å². The summed E-state index contributed by atoms with van der Waals surface area (Å²) in [6.45, 7) is 0. The third-order valence-electron chi connectivity index (χ3n) is 3.39. The highest BCUT2D eigenvalue weighted by Crippen LogP contribution is 2.36. The van der Waals surface area contributed by atoms with Crippen molar-refractivity contribution in [2.24, 2.45) is 5.84 Å². The van der Waals surface area contributed by atoms with Gasteiger partial charge in [0, 0.05) is 6.42 Å². The average molecular weight is 359 g/mol. The highest BCUT2D eigenvalue weighted by molar-refractivity contribution is 6.17. The first-order valence-electron chi connectivity index (χ1n) is 6.84. The van der Waals surface area contributed by atoms with E-state index in [0.717, 1.165) is 6.07 Å². The fourth-order valence-electron chi connectivity index (χ4n) is 2.27. The summed E-state index contributed by atoms with van der Waals surface area (Å²) in [5.74, 6) is 4.72. The first-order chi connectivity index (χ1) is 11.4. The number of esters is 1. The molecule has 24 heavy (non-hydrogen) atoms. The molecule has 0 unspecified atom stereocenters. The van der Waals surface area contributed by atoms with Gasteiger partial charge in [0.1, 0.15) is 0 Å². The Morgan fingerprint density at radius 2 is 1.83 bits per heavy atom. The highest BCUT2D eigenvalue weighted by Gasteiger charge is 2.34. The summed E-state index contributed by atoms with van der Waals surface area (Å²) >= 11 is 5.31. The number of halogens is 4.